The van der Waals surface area contributed by atoms with Crippen LogP contribution in [0.25, 0.3) is 0 Å². The van der Waals surface area contributed by atoms with Gasteiger partial charge >= 0.3 is 0 Å². The van der Waals surface area contributed by atoms with E-state index in [0.717, 1.165) is 28.7 Å². The van der Waals surface area contributed by atoms with E-state index in [9.17, 15) is 0 Å². The molecule has 112 valence electrons. The van der Waals surface area contributed by atoms with Crippen LogP contribution in [0.2, 0.25) is 0 Å². The Balaban J connectivity index is 2.28. The predicted octanol–water partition coefficient (Wildman–Crippen LogP) is 4.12. The molecule has 6 heteroatoms. The maximum Gasteiger partial charge on any atom is 0.204 e. The molecule has 5 nitrogen and oxygen atoms in total. The Hall–Kier alpha value is -1.82. The monoisotopic (exact) mass is 350 g/mol. The third-order valence-corrected chi connectivity index (χ3v) is 3.86. The SMILES string of the molecule is CCCNc1ncnc(Nc2ccc(Br)c(C)c2)c1OC. The molecule has 21 heavy (non-hydrogen) atoms. The molecule has 0 aliphatic heterocycles. The molecule has 0 amide bonds. The summed E-state index contributed by atoms with van der Waals surface area (Å²) in [5, 5.41) is 6.51. The Morgan fingerprint density at radius 2 is 2.00 bits per heavy atom. The normalized spacial score (nSPS) is 10.3. The average Bonchev–Trinajstić information content (AvgIpc) is 2.49. The van der Waals surface area contributed by atoms with E-state index in [1.54, 1.807) is 7.11 Å². The van der Waals surface area contributed by atoms with E-state index in [-0.39, 0.29) is 0 Å². The molecule has 0 spiro atoms. The summed E-state index contributed by atoms with van der Waals surface area (Å²) in [5.74, 6) is 1.96. The number of nitrogens with one attached hydrogen (secondary N) is 2. The van der Waals surface area contributed by atoms with Crippen LogP contribution < -0.4 is 15.4 Å². The summed E-state index contributed by atoms with van der Waals surface area (Å²) in [6, 6.07) is 6.03. The van der Waals surface area contributed by atoms with Crippen molar-refractivity contribution in [2.45, 2.75) is 20.3 Å². The lowest BCUT2D eigenvalue weighted by Crippen LogP contribution is -2.07. The van der Waals surface area contributed by atoms with Crippen molar-refractivity contribution in [3.05, 3.63) is 34.6 Å². The van der Waals surface area contributed by atoms with E-state index < -0.39 is 0 Å². The van der Waals surface area contributed by atoms with E-state index in [0.29, 0.717) is 17.4 Å². The molecule has 0 saturated carbocycles. The van der Waals surface area contributed by atoms with Gasteiger partial charge in [-0.15, -0.1) is 0 Å². The number of hydrogen-bond acceptors (Lipinski definition) is 5. The van der Waals surface area contributed by atoms with Crippen molar-refractivity contribution in [3.63, 3.8) is 0 Å². The molecular formula is C15H19BrN4O. The van der Waals surface area contributed by atoms with Crippen LogP contribution in [0.1, 0.15) is 18.9 Å². The molecule has 2 rings (SSSR count). The molecule has 2 N–H and O–H groups in total. The average molecular weight is 351 g/mol. The smallest absolute Gasteiger partial charge is 0.204 e. The van der Waals surface area contributed by atoms with Gasteiger partial charge in [0.05, 0.1) is 7.11 Å². The number of ether oxygens (including phenoxy) is 1. The number of benzene rings is 1. The van der Waals surface area contributed by atoms with Crippen LogP contribution in [0.15, 0.2) is 29.0 Å². The van der Waals surface area contributed by atoms with Gasteiger partial charge in [-0.25, -0.2) is 9.97 Å². The summed E-state index contributed by atoms with van der Waals surface area (Å²) in [4.78, 5) is 8.49. The third kappa shape index (κ3) is 3.85. The number of nitrogens with zero attached hydrogens (tertiary/aromatic N) is 2. The van der Waals surface area contributed by atoms with E-state index in [4.69, 9.17) is 4.74 Å². The molecule has 0 radical (unpaired) electrons. The first-order chi connectivity index (χ1) is 10.2. The molecule has 0 saturated heterocycles. The molecule has 0 aliphatic carbocycles. The predicted molar refractivity (Wildman–Crippen MR) is 89.5 cm³/mol. The fourth-order valence-electron chi connectivity index (χ4n) is 1.88. The van der Waals surface area contributed by atoms with E-state index in [1.807, 2.05) is 25.1 Å². The highest BCUT2D eigenvalue weighted by molar-refractivity contribution is 9.10. The van der Waals surface area contributed by atoms with Gasteiger partial charge in [-0.1, -0.05) is 22.9 Å². The molecule has 0 atom stereocenters. The van der Waals surface area contributed by atoms with Crippen LogP contribution in [0.5, 0.6) is 5.75 Å². The van der Waals surface area contributed by atoms with Crippen molar-refractivity contribution in [1.82, 2.24) is 9.97 Å². The van der Waals surface area contributed by atoms with Crippen molar-refractivity contribution >= 4 is 33.3 Å². The highest BCUT2D eigenvalue weighted by Crippen LogP contribution is 2.32. The van der Waals surface area contributed by atoms with Gasteiger partial charge in [0.2, 0.25) is 5.75 Å². The molecule has 0 fully saturated rings. The summed E-state index contributed by atoms with van der Waals surface area (Å²) >= 11 is 3.49. The highest BCUT2D eigenvalue weighted by atomic mass is 79.9. The molecular weight excluding hydrogens is 332 g/mol. The second-order valence-electron chi connectivity index (χ2n) is 4.62. The number of hydrogen-bond donors (Lipinski definition) is 2. The van der Waals surface area contributed by atoms with Gasteiger partial charge in [-0.2, -0.15) is 0 Å². The lowest BCUT2D eigenvalue weighted by molar-refractivity contribution is 0.415. The van der Waals surface area contributed by atoms with Crippen LogP contribution in [0.4, 0.5) is 17.3 Å². The Labute approximate surface area is 133 Å². The van der Waals surface area contributed by atoms with Crippen LogP contribution in [0.3, 0.4) is 0 Å². The van der Waals surface area contributed by atoms with E-state index in [2.05, 4.69) is 43.5 Å². The van der Waals surface area contributed by atoms with Gasteiger partial charge in [-0.05, 0) is 37.1 Å². The van der Waals surface area contributed by atoms with Gasteiger partial charge in [0.15, 0.2) is 11.6 Å². The minimum Gasteiger partial charge on any atom is -0.490 e. The number of halogens is 1. The Morgan fingerprint density at radius 1 is 1.24 bits per heavy atom. The second-order valence-corrected chi connectivity index (χ2v) is 5.47. The van der Waals surface area contributed by atoms with Gasteiger partial charge in [0.1, 0.15) is 6.33 Å². The maximum atomic E-state index is 5.44. The van der Waals surface area contributed by atoms with Crippen molar-refractivity contribution in [2.24, 2.45) is 0 Å². The second kappa shape index (κ2) is 7.26. The highest BCUT2D eigenvalue weighted by Gasteiger charge is 2.12. The van der Waals surface area contributed by atoms with Gasteiger partial charge in [0, 0.05) is 16.7 Å². The minimum atomic E-state index is 0.617. The lowest BCUT2D eigenvalue weighted by atomic mass is 10.2. The lowest BCUT2D eigenvalue weighted by Gasteiger charge is -2.14. The van der Waals surface area contributed by atoms with E-state index in [1.165, 1.54) is 6.33 Å². The first kappa shape index (κ1) is 15.6. The molecule has 2 aromatic rings. The molecule has 1 aromatic heterocycles. The van der Waals surface area contributed by atoms with Gasteiger partial charge < -0.3 is 15.4 Å². The number of aromatic nitrogens is 2. The summed E-state index contributed by atoms with van der Waals surface area (Å²) in [7, 11) is 1.62. The minimum absolute atomic E-state index is 0.617. The van der Waals surface area contributed by atoms with Gasteiger partial charge in [-0.3, -0.25) is 0 Å². The summed E-state index contributed by atoms with van der Waals surface area (Å²) in [5.41, 5.74) is 2.10. The van der Waals surface area contributed by atoms with Gasteiger partial charge in [0.25, 0.3) is 0 Å². The molecule has 0 bridgehead atoms. The number of methoxy groups -OCH3 is 1. The Morgan fingerprint density at radius 3 is 2.67 bits per heavy atom. The van der Waals surface area contributed by atoms with Crippen molar-refractivity contribution < 1.29 is 4.74 Å². The zero-order chi connectivity index (χ0) is 15.2. The summed E-state index contributed by atoms with van der Waals surface area (Å²) in [6.07, 6.45) is 2.54. The molecule has 1 aromatic carbocycles. The van der Waals surface area contributed by atoms with Crippen LogP contribution in [-0.4, -0.2) is 23.6 Å². The largest absolute Gasteiger partial charge is 0.490 e. The molecule has 0 unspecified atom stereocenters. The third-order valence-electron chi connectivity index (χ3n) is 2.97. The zero-order valence-electron chi connectivity index (χ0n) is 12.4. The first-order valence-electron chi connectivity index (χ1n) is 6.81. The fourth-order valence-corrected chi connectivity index (χ4v) is 2.13. The zero-order valence-corrected chi connectivity index (χ0v) is 14.0. The Bertz CT molecular complexity index is 619. The van der Waals surface area contributed by atoms with Crippen LogP contribution in [0, 0.1) is 6.92 Å². The van der Waals surface area contributed by atoms with Crippen LogP contribution in [-0.2, 0) is 0 Å². The topological polar surface area (TPSA) is 59.1 Å². The van der Waals surface area contributed by atoms with Crippen molar-refractivity contribution in [2.75, 3.05) is 24.3 Å². The number of rotatable bonds is 6. The Kier molecular flexibility index (Phi) is 5.38. The summed E-state index contributed by atoms with van der Waals surface area (Å²) in [6.45, 7) is 4.98. The number of aryl methyl sites for hydroxylation is 1. The van der Waals surface area contributed by atoms with Crippen molar-refractivity contribution in [3.8, 4) is 5.75 Å². The fraction of sp³-hybridized carbons (Fsp3) is 0.333. The maximum absolute atomic E-state index is 5.44. The molecule has 0 aliphatic rings. The summed E-state index contributed by atoms with van der Waals surface area (Å²) < 4.78 is 6.52. The molecule has 1 heterocycles. The van der Waals surface area contributed by atoms with Crippen LogP contribution >= 0.6 is 15.9 Å². The quantitative estimate of drug-likeness (QED) is 0.820. The number of anilines is 3. The standard InChI is InChI=1S/C15H19BrN4O/c1-4-7-17-14-13(21-3)15(19-9-18-14)20-11-5-6-12(16)10(2)8-11/h5-6,8-9H,4,7H2,1-3H3,(H2,17,18,19,20). The first-order valence-corrected chi connectivity index (χ1v) is 7.61. The van der Waals surface area contributed by atoms with Crippen molar-refractivity contribution in [1.29, 1.82) is 0 Å². The van der Waals surface area contributed by atoms with E-state index >= 15 is 0 Å².